The average Bonchev–Trinajstić information content (AvgIpc) is 2.78. The molecule has 23 heavy (non-hydrogen) atoms. The smallest absolute Gasteiger partial charge is 0.415 e. The Kier molecular flexibility index (Phi) is 4.44. The second-order valence-electron chi connectivity index (χ2n) is 6.63. The van der Waals surface area contributed by atoms with Crippen LogP contribution < -0.4 is 0 Å². The molecule has 4 heteroatoms. The molecule has 2 aliphatic heterocycles. The highest BCUT2D eigenvalue weighted by Gasteiger charge is 2.49. The molecular weight excluding hydrogens is 288 g/mol. The standard InChI is InChI=1S/C19H26N2O2/c1-4-21-16(3)19(23-18(21)22)10-13-20(14-11-19)12-9-17-7-5-15(2)6-8-17/h5-8H,3-4,9-14H2,1-2H3. The Morgan fingerprint density at radius 1 is 1.22 bits per heavy atom. The summed E-state index contributed by atoms with van der Waals surface area (Å²) in [6.07, 6.45) is 2.53. The summed E-state index contributed by atoms with van der Waals surface area (Å²) in [5, 5.41) is 0. The number of aryl methyl sites for hydroxylation is 1. The molecular formula is C19H26N2O2. The average molecular weight is 314 g/mol. The molecule has 1 amide bonds. The highest BCUT2D eigenvalue weighted by molar-refractivity contribution is 5.74. The van der Waals surface area contributed by atoms with Gasteiger partial charge in [0.15, 0.2) is 5.60 Å². The van der Waals surface area contributed by atoms with Crippen LogP contribution in [-0.4, -0.2) is 47.7 Å². The molecule has 2 aliphatic rings. The van der Waals surface area contributed by atoms with E-state index in [0.29, 0.717) is 6.54 Å². The molecule has 0 saturated carbocycles. The Balaban J connectivity index is 1.53. The van der Waals surface area contributed by atoms with Crippen molar-refractivity contribution in [2.45, 2.75) is 38.7 Å². The summed E-state index contributed by atoms with van der Waals surface area (Å²) < 4.78 is 5.69. The number of likely N-dealkylation sites (tertiary alicyclic amines) is 1. The predicted octanol–water partition coefficient (Wildman–Crippen LogP) is 3.36. The van der Waals surface area contributed by atoms with Crippen molar-refractivity contribution in [3.8, 4) is 0 Å². The molecule has 0 aliphatic carbocycles. The molecule has 2 saturated heterocycles. The summed E-state index contributed by atoms with van der Waals surface area (Å²) in [7, 11) is 0. The van der Waals surface area contributed by atoms with Crippen LogP contribution in [0.2, 0.25) is 0 Å². The summed E-state index contributed by atoms with van der Waals surface area (Å²) in [6, 6.07) is 8.75. The largest absolute Gasteiger partial charge is 0.436 e. The Bertz CT molecular complexity index is 586. The molecule has 0 unspecified atom stereocenters. The summed E-state index contributed by atoms with van der Waals surface area (Å²) in [4.78, 5) is 16.1. The minimum absolute atomic E-state index is 0.231. The van der Waals surface area contributed by atoms with Gasteiger partial charge in [0.1, 0.15) is 0 Å². The lowest BCUT2D eigenvalue weighted by Crippen LogP contribution is -2.46. The molecule has 0 radical (unpaired) electrons. The van der Waals surface area contributed by atoms with E-state index in [0.717, 1.165) is 44.6 Å². The first-order valence-electron chi connectivity index (χ1n) is 8.52. The Hall–Kier alpha value is -1.81. The van der Waals surface area contributed by atoms with Gasteiger partial charge in [0, 0.05) is 39.0 Å². The van der Waals surface area contributed by atoms with Gasteiger partial charge in [0.2, 0.25) is 0 Å². The predicted molar refractivity (Wildman–Crippen MR) is 91.3 cm³/mol. The number of rotatable bonds is 4. The molecule has 0 aromatic heterocycles. The van der Waals surface area contributed by atoms with Crippen LogP contribution in [-0.2, 0) is 11.2 Å². The zero-order valence-corrected chi connectivity index (χ0v) is 14.2. The second-order valence-corrected chi connectivity index (χ2v) is 6.63. The molecule has 0 atom stereocenters. The van der Waals surface area contributed by atoms with E-state index < -0.39 is 5.60 Å². The maximum Gasteiger partial charge on any atom is 0.415 e. The number of likely N-dealkylation sites (N-methyl/N-ethyl adjacent to an activating group) is 1. The number of carbonyl (C=O) groups excluding carboxylic acids is 1. The van der Waals surface area contributed by atoms with Gasteiger partial charge in [-0.15, -0.1) is 0 Å². The number of piperidine rings is 1. The van der Waals surface area contributed by atoms with Crippen LogP contribution in [0.4, 0.5) is 4.79 Å². The van der Waals surface area contributed by atoms with Crippen molar-refractivity contribution < 1.29 is 9.53 Å². The molecule has 124 valence electrons. The van der Waals surface area contributed by atoms with Gasteiger partial charge in [0.05, 0.1) is 5.70 Å². The first-order valence-corrected chi connectivity index (χ1v) is 8.52. The zero-order chi connectivity index (χ0) is 16.4. The molecule has 1 aromatic rings. The van der Waals surface area contributed by atoms with Crippen LogP contribution >= 0.6 is 0 Å². The molecule has 0 bridgehead atoms. The van der Waals surface area contributed by atoms with E-state index >= 15 is 0 Å². The van der Waals surface area contributed by atoms with E-state index in [1.54, 1.807) is 4.90 Å². The summed E-state index contributed by atoms with van der Waals surface area (Å²) in [5.41, 5.74) is 3.08. The molecule has 0 N–H and O–H groups in total. The molecule has 2 fully saturated rings. The van der Waals surface area contributed by atoms with Crippen LogP contribution in [0, 0.1) is 6.92 Å². The molecule has 1 spiro atoms. The summed E-state index contributed by atoms with van der Waals surface area (Å²) in [5.74, 6) is 0. The first kappa shape index (κ1) is 16.1. The summed E-state index contributed by atoms with van der Waals surface area (Å²) in [6.45, 7) is 11.8. The van der Waals surface area contributed by atoms with Crippen molar-refractivity contribution >= 4 is 6.09 Å². The normalized spacial score (nSPS) is 21.0. The Morgan fingerprint density at radius 3 is 2.43 bits per heavy atom. The zero-order valence-electron chi connectivity index (χ0n) is 14.2. The minimum Gasteiger partial charge on any atom is -0.436 e. The number of hydrogen-bond donors (Lipinski definition) is 0. The van der Waals surface area contributed by atoms with E-state index in [4.69, 9.17) is 4.74 Å². The number of carbonyl (C=O) groups is 1. The van der Waals surface area contributed by atoms with Gasteiger partial charge in [-0.3, -0.25) is 4.90 Å². The van der Waals surface area contributed by atoms with Crippen LogP contribution in [0.25, 0.3) is 0 Å². The molecule has 1 aromatic carbocycles. The van der Waals surface area contributed by atoms with Crippen molar-refractivity contribution in [2.75, 3.05) is 26.2 Å². The lowest BCUT2D eigenvalue weighted by atomic mass is 9.88. The van der Waals surface area contributed by atoms with E-state index in [1.165, 1.54) is 11.1 Å². The lowest BCUT2D eigenvalue weighted by Gasteiger charge is -2.38. The van der Waals surface area contributed by atoms with Crippen molar-refractivity contribution in [1.82, 2.24) is 9.80 Å². The van der Waals surface area contributed by atoms with Gasteiger partial charge < -0.3 is 9.64 Å². The highest BCUT2D eigenvalue weighted by Crippen LogP contribution is 2.40. The topological polar surface area (TPSA) is 32.8 Å². The van der Waals surface area contributed by atoms with Crippen LogP contribution in [0.5, 0.6) is 0 Å². The van der Waals surface area contributed by atoms with Crippen molar-refractivity contribution in [2.24, 2.45) is 0 Å². The maximum absolute atomic E-state index is 11.9. The SMILES string of the molecule is C=C1N(CC)C(=O)OC12CCN(CCc1ccc(C)cc1)CC2. The van der Waals surface area contributed by atoms with E-state index in [1.807, 2.05) is 6.92 Å². The van der Waals surface area contributed by atoms with Crippen LogP contribution in [0.1, 0.15) is 30.9 Å². The maximum atomic E-state index is 11.9. The monoisotopic (exact) mass is 314 g/mol. The van der Waals surface area contributed by atoms with Gasteiger partial charge >= 0.3 is 6.09 Å². The number of ether oxygens (including phenoxy) is 1. The van der Waals surface area contributed by atoms with Gasteiger partial charge in [-0.25, -0.2) is 4.79 Å². The second kappa shape index (κ2) is 6.36. The third-order valence-corrected chi connectivity index (χ3v) is 5.17. The van der Waals surface area contributed by atoms with Crippen molar-refractivity contribution in [1.29, 1.82) is 0 Å². The molecule has 2 heterocycles. The van der Waals surface area contributed by atoms with E-state index in [2.05, 4.69) is 42.7 Å². The highest BCUT2D eigenvalue weighted by atomic mass is 16.6. The van der Waals surface area contributed by atoms with Gasteiger partial charge in [-0.1, -0.05) is 36.4 Å². The van der Waals surface area contributed by atoms with E-state index in [-0.39, 0.29) is 6.09 Å². The fourth-order valence-electron chi connectivity index (χ4n) is 3.53. The van der Waals surface area contributed by atoms with E-state index in [9.17, 15) is 4.79 Å². The Morgan fingerprint density at radius 2 is 1.87 bits per heavy atom. The summed E-state index contributed by atoms with van der Waals surface area (Å²) >= 11 is 0. The van der Waals surface area contributed by atoms with Crippen LogP contribution in [0.15, 0.2) is 36.5 Å². The molecule has 3 rings (SSSR count). The number of amides is 1. The van der Waals surface area contributed by atoms with Crippen molar-refractivity contribution in [3.63, 3.8) is 0 Å². The number of hydrogen-bond acceptors (Lipinski definition) is 3. The van der Waals surface area contributed by atoms with Gasteiger partial charge in [-0.2, -0.15) is 0 Å². The van der Waals surface area contributed by atoms with Gasteiger partial charge in [0.25, 0.3) is 0 Å². The first-order chi connectivity index (χ1) is 11.0. The fourth-order valence-corrected chi connectivity index (χ4v) is 3.53. The third kappa shape index (κ3) is 3.13. The lowest BCUT2D eigenvalue weighted by molar-refractivity contribution is 0.0150. The third-order valence-electron chi connectivity index (χ3n) is 5.17. The Labute approximate surface area is 138 Å². The fraction of sp³-hybridized carbons (Fsp3) is 0.526. The van der Waals surface area contributed by atoms with Crippen LogP contribution in [0.3, 0.4) is 0 Å². The number of nitrogens with zero attached hydrogens (tertiary/aromatic N) is 2. The van der Waals surface area contributed by atoms with Crippen molar-refractivity contribution in [3.05, 3.63) is 47.7 Å². The molecule has 4 nitrogen and oxygen atoms in total. The minimum atomic E-state index is -0.451. The quantitative estimate of drug-likeness (QED) is 0.854. The van der Waals surface area contributed by atoms with Gasteiger partial charge in [-0.05, 0) is 25.8 Å². The number of benzene rings is 1.